The van der Waals surface area contributed by atoms with Gasteiger partial charge >= 0.3 is 0 Å². The van der Waals surface area contributed by atoms with E-state index in [9.17, 15) is 13.2 Å². The maximum absolute atomic E-state index is 13.1. The smallest absolute Gasteiger partial charge is 0.259 e. The number of para-hydroxylation sites is 1. The largest absolute Gasteiger partial charge is 0.496 e. The standard InChI is InChI=1S/C20H24N2O5S/c1-26-17-9-5-4-8-16(17)20(23)21-15-10-11-18(27-2)19(14-15)28(24,25)22-12-6-3-7-13-22/h4-5,8-11,14H,3,6-7,12-13H2,1-2H3,(H,21,23). The number of carbonyl (C=O) groups excluding carboxylic acids is 1. The molecule has 1 N–H and O–H groups in total. The fourth-order valence-corrected chi connectivity index (χ4v) is 4.93. The van der Waals surface area contributed by atoms with Crippen LogP contribution in [0.25, 0.3) is 0 Å². The topological polar surface area (TPSA) is 84.9 Å². The summed E-state index contributed by atoms with van der Waals surface area (Å²) in [6.07, 6.45) is 2.70. The van der Waals surface area contributed by atoms with E-state index in [2.05, 4.69) is 5.32 Å². The summed E-state index contributed by atoms with van der Waals surface area (Å²) in [5, 5.41) is 2.74. The first-order chi connectivity index (χ1) is 13.5. The Morgan fingerprint density at radius 3 is 2.32 bits per heavy atom. The van der Waals surface area contributed by atoms with Crippen molar-refractivity contribution in [2.24, 2.45) is 0 Å². The number of nitrogens with zero attached hydrogens (tertiary/aromatic N) is 1. The third kappa shape index (κ3) is 4.13. The van der Waals surface area contributed by atoms with Crippen molar-refractivity contribution in [2.45, 2.75) is 24.2 Å². The van der Waals surface area contributed by atoms with Gasteiger partial charge in [0.25, 0.3) is 5.91 Å². The number of anilines is 1. The van der Waals surface area contributed by atoms with Gasteiger partial charge in [0.05, 0.1) is 19.8 Å². The quantitative estimate of drug-likeness (QED) is 0.800. The lowest BCUT2D eigenvalue weighted by Gasteiger charge is -2.26. The number of carbonyl (C=O) groups is 1. The molecule has 2 aromatic rings. The molecule has 0 saturated carbocycles. The Morgan fingerprint density at radius 2 is 1.64 bits per heavy atom. The molecule has 1 fully saturated rings. The average Bonchev–Trinajstić information content (AvgIpc) is 2.74. The molecule has 0 spiro atoms. The lowest BCUT2D eigenvalue weighted by atomic mass is 10.2. The van der Waals surface area contributed by atoms with Crippen molar-refractivity contribution < 1.29 is 22.7 Å². The minimum absolute atomic E-state index is 0.0507. The third-order valence-electron chi connectivity index (χ3n) is 4.71. The van der Waals surface area contributed by atoms with Crippen molar-refractivity contribution in [3.8, 4) is 11.5 Å². The van der Waals surface area contributed by atoms with Crippen LogP contribution in [0, 0.1) is 0 Å². The number of nitrogens with one attached hydrogen (secondary N) is 1. The summed E-state index contributed by atoms with van der Waals surface area (Å²) in [5.74, 6) is 0.305. The van der Waals surface area contributed by atoms with Crippen molar-refractivity contribution in [1.29, 1.82) is 0 Å². The fraction of sp³-hybridized carbons (Fsp3) is 0.350. The van der Waals surface area contributed by atoms with Crippen LogP contribution in [0.2, 0.25) is 0 Å². The van der Waals surface area contributed by atoms with Crippen molar-refractivity contribution >= 4 is 21.6 Å². The first-order valence-electron chi connectivity index (χ1n) is 9.10. The molecule has 1 aliphatic heterocycles. The van der Waals surface area contributed by atoms with Gasteiger partial charge in [0, 0.05) is 18.8 Å². The van der Waals surface area contributed by atoms with E-state index in [0.717, 1.165) is 19.3 Å². The molecule has 0 unspecified atom stereocenters. The van der Waals surface area contributed by atoms with Gasteiger partial charge < -0.3 is 14.8 Å². The summed E-state index contributed by atoms with van der Waals surface area (Å²) in [7, 11) is -0.791. The van der Waals surface area contributed by atoms with Crippen LogP contribution in [0.15, 0.2) is 47.4 Å². The number of benzene rings is 2. The maximum Gasteiger partial charge on any atom is 0.259 e. The second kappa shape index (κ2) is 8.62. The molecule has 7 nitrogen and oxygen atoms in total. The summed E-state index contributed by atoms with van der Waals surface area (Å²) in [4.78, 5) is 12.7. The Hall–Kier alpha value is -2.58. The van der Waals surface area contributed by atoms with Gasteiger partial charge in [0.1, 0.15) is 16.4 Å². The Kier molecular flexibility index (Phi) is 6.21. The summed E-state index contributed by atoms with van der Waals surface area (Å²) >= 11 is 0. The van der Waals surface area contributed by atoms with Crippen LogP contribution in [-0.2, 0) is 10.0 Å². The highest BCUT2D eigenvalue weighted by atomic mass is 32.2. The van der Waals surface area contributed by atoms with Gasteiger partial charge in [-0.05, 0) is 43.2 Å². The molecule has 0 aromatic heterocycles. The van der Waals surface area contributed by atoms with Gasteiger partial charge in [-0.15, -0.1) is 0 Å². The molecule has 0 radical (unpaired) electrons. The van der Waals surface area contributed by atoms with Crippen LogP contribution >= 0.6 is 0 Å². The van der Waals surface area contributed by atoms with Crippen LogP contribution < -0.4 is 14.8 Å². The summed E-state index contributed by atoms with van der Waals surface area (Å²) in [6, 6.07) is 11.4. The highest BCUT2D eigenvalue weighted by Gasteiger charge is 2.29. The zero-order valence-corrected chi connectivity index (χ0v) is 16.8. The molecule has 150 valence electrons. The molecule has 1 aliphatic rings. The predicted molar refractivity (Wildman–Crippen MR) is 107 cm³/mol. The molecule has 0 bridgehead atoms. The SMILES string of the molecule is COc1ccccc1C(=O)Nc1ccc(OC)c(S(=O)(=O)N2CCCCC2)c1. The number of methoxy groups -OCH3 is 2. The third-order valence-corrected chi connectivity index (χ3v) is 6.63. The lowest BCUT2D eigenvalue weighted by molar-refractivity contribution is 0.102. The Balaban J connectivity index is 1.91. The summed E-state index contributed by atoms with van der Waals surface area (Å²) in [5.41, 5.74) is 0.730. The van der Waals surface area contributed by atoms with Crippen LogP contribution in [-0.4, -0.2) is 45.9 Å². The Morgan fingerprint density at radius 1 is 0.964 bits per heavy atom. The normalized spacial score (nSPS) is 15.1. The van der Waals surface area contributed by atoms with Crippen molar-refractivity contribution in [1.82, 2.24) is 4.31 Å². The number of rotatable bonds is 6. The summed E-state index contributed by atoms with van der Waals surface area (Å²) < 4.78 is 38.1. The molecule has 0 aliphatic carbocycles. The van der Waals surface area contributed by atoms with E-state index in [4.69, 9.17) is 9.47 Å². The van der Waals surface area contributed by atoms with Gasteiger partial charge in [-0.2, -0.15) is 4.31 Å². The minimum Gasteiger partial charge on any atom is -0.496 e. The minimum atomic E-state index is -3.71. The number of hydrogen-bond acceptors (Lipinski definition) is 5. The van der Waals surface area contributed by atoms with Crippen molar-refractivity contribution in [2.75, 3.05) is 32.6 Å². The first kappa shape index (κ1) is 20.2. The highest BCUT2D eigenvalue weighted by Crippen LogP contribution is 2.31. The zero-order chi connectivity index (χ0) is 20.1. The van der Waals surface area contributed by atoms with Crippen molar-refractivity contribution in [3.63, 3.8) is 0 Å². The average molecular weight is 404 g/mol. The van der Waals surface area contributed by atoms with Crippen LogP contribution in [0.5, 0.6) is 11.5 Å². The number of ether oxygens (including phenoxy) is 2. The molecule has 28 heavy (non-hydrogen) atoms. The maximum atomic E-state index is 13.1. The molecule has 0 atom stereocenters. The second-order valence-corrected chi connectivity index (χ2v) is 8.39. The number of hydrogen-bond donors (Lipinski definition) is 1. The number of amides is 1. The van der Waals surface area contributed by atoms with E-state index in [1.165, 1.54) is 24.6 Å². The van der Waals surface area contributed by atoms with Gasteiger partial charge in [0.2, 0.25) is 10.0 Å². The molecule has 1 saturated heterocycles. The number of sulfonamides is 1. The van der Waals surface area contributed by atoms with E-state index < -0.39 is 10.0 Å². The first-order valence-corrected chi connectivity index (χ1v) is 10.5. The molecule has 8 heteroatoms. The van der Waals surface area contributed by atoms with Crippen LogP contribution in [0.1, 0.15) is 29.6 Å². The predicted octanol–water partition coefficient (Wildman–Crippen LogP) is 3.13. The van der Waals surface area contributed by atoms with Gasteiger partial charge in [-0.25, -0.2) is 8.42 Å². The molecule has 2 aromatic carbocycles. The van der Waals surface area contributed by atoms with E-state index in [0.29, 0.717) is 30.1 Å². The molecule has 1 heterocycles. The summed E-state index contributed by atoms with van der Waals surface area (Å²) in [6.45, 7) is 0.979. The second-order valence-electron chi connectivity index (χ2n) is 6.48. The van der Waals surface area contributed by atoms with Gasteiger partial charge in [-0.1, -0.05) is 18.6 Å². The van der Waals surface area contributed by atoms with Gasteiger partial charge in [0.15, 0.2) is 0 Å². The molecular formula is C20H24N2O5S. The molecule has 1 amide bonds. The van der Waals surface area contributed by atoms with Crippen LogP contribution in [0.4, 0.5) is 5.69 Å². The van der Waals surface area contributed by atoms with E-state index >= 15 is 0 Å². The Labute approximate surface area is 165 Å². The van der Waals surface area contributed by atoms with E-state index in [-0.39, 0.29) is 16.6 Å². The Bertz CT molecular complexity index is 953. The molecule has 3 rings (SSSR count). The highest BCUT2D eigenvalue weighted by molar-refractivity contribution is 7.89. The van der Waals surface area contributed by atoms with Gasteiger partial charge in [-0.3, -0.25) is 4.79 Å². The van der Waals surface area contributed by atoms with Crippen LogP contribution in [0.3, 0.4) is 0 Å². The van der Waals surface area contributed by atoms with Crippen molar-refractivity contribution in [3.05, 3.63) is 48.0 Å². The zero-order valence-electron chi connectivity index (χ0n) is 16.0. The monoisotopic (exact) mass is 404 g/mol. The molecular weight excluding hydrogens is 380 g/mol. The fourth-order valence-electron chi connectivity index (χ4n) is 3.23. The van der Waals surface area contributed by atoms with E-state index in [1.807, 2.05) is 0 Å². The van der Waals surface area contributed by atoms with E-state index in [1.54, 1.807) is 36.4 Å². The number of piperidine rings is 1. The lowest BCUT2D eigenvalue weighted by Crippen LogP contribution is -2.35.